The molecule has 4 rings (SSSR count). The molecule has 0 aromatic heterocycles. The van der Waals surface area contributed by atoms with Crippen molar-refractivity contribution in [2.45, 2.75) is 17.4 Å². The van der Waals surface area contributed by atoms with Gasteiger partial charge in [0.25, 0.3) is 0 Å². The van der Waals surface area contributed by atoms with Gasteiger partial charge < -0.3 is 0 Å². The van der Waals surface area contributed by atoms with Crippen LogP contribution in [0.2, 0.25) is 0 Å². The second-order valence-corrected chi connectivity index (χ2v) is 7.71. The molecule has 0 bridgehead atoms. The van der Waals surface area contributed by atoms with E-state index in [0.29, 0.717) is 0 Å². The third kappa shape index (κ3) is 3.13. The molecule has 0 fully saturated rings. The quantitative estimate of drug-likeness (QED) is 0.847. The highest BCUT2D eigenvalue weighted by Gasteiger charge is 2.30. The molecule has 1 aliphatic heterocycles. The lowest BCUT2D eigenvalue weighted by molar-refractivity contribution is 0.598. The Kier molecular flexibility index (Phi) is 4.09. The van der Waals surface area contributed by atoms with E-state index in [9.17, 15) is 8.42 Å². The van der Waals surface area contributed by atoms with Crippen LogP contribution in [-0.2, 0) is 10.0 Å². The van der Waals surface area contributed by atoms with Crippen molar-refractivity contribution in [3.63, 3.8) is 0 Å². The van der Waals surface area contributed by atoms with Gasteiger partial charge >= 0.3 is 0 Å². The maximum absolute atomic E-state index is 11.5. The van der Waals surface area contributed by atoms with Crippen LogP contribution in [0.1, 0.15) is 18.0 Å². The summed E-state index contributed by atoms with van der Waals surface area (Å²) >= 11 is 0. The van der Waals surface area contributed by atoms with Crippen molar-refractivity contribution in [2.24, 2.45) is 10.2 Å². The molecule has 1 heterocycles. The van der Waals surface area contributed by atoms with E-state index in [4.69, 9.17) is 10.2 Å². The Bertz CT molecular complexity index is 1060. The Morgan fingerprint density at radius 1 is 1.08 bits per heavy atom. The van der Waals surface area contributed by atoms with E-state index < -0.39 is 10.0 Å². The lowest BCUT2D eigenvalue weighted by Gasteiger charge is -2.24. The highest BCUT2D eigenvalue weighted by atomic mass is 32.2. The van der Waals surface area contributed by atoms with E-state index in [1.165, 1.54) is 12.1 Å². The second-order valence-electron chi connectivity index (χ2n) is 6.14. The summed E-state index contributed by atoms with van der Waals surface area (Å²) < 4.78 is 23.0. The Balaban J connectivity index is 1.74. The Morgan fingerprint density at radius 3 is 2.42 bits per heavy atom. The highest BCUT2D eigenvalue weighted by molar-refractivity contribution is 7.89. The molecule has 0 saturated carbocycles. The van der Waals surface area contributed by atoms with Crippen molar-refractivity contribution < 1.29 is 8.42 Å². The van der Waals surface area contributed by atoms with Gasteiger partial charge in [-0.25, -0.2) is 13.6 Å². The number of primary sulfonamides is 1. The number of hydrazone groups is 1. The zero-order valence-corrected chi connectivity index (χ0v) is 14.7. The van der Waals surface area contributed by atoms with Crippen molar-refractivity contribution in [3.8, 4) is 0 Å². The van der Waals surface area contributed by atoms with Gasteiger partial charge in [-0.05, 0) is 42.0 Å². The monoisotopic (exact) mass is 363 g/mol. The number of hydrogen-bond acceptors (Lipinski definition) is 4. The topological polar surface area (TPSA) is 75.8 Å². The molecule has 2 N–H and O–H groups in total. The molecular formula is C20H17N3O2S. The number of benzene rings is 2. The van der Waals surface area contributed by atoms with Crippen LogP contribution < -0.4 is 10.1 Å². The molecule has 6 heteroatoms. The average molecular weight is 363 g/mol. The third-order valence-corrected chi connectivity index (χ3v) is 5.36. The van der Waals surface area contributed by atoms with Gasteiger partial charge in [0.05, 0.1) is 22.3 Å². The number of anilines is 1. The molecule has 0 amide bonds. The average Bonchev–Trinajstić information content (AvgIpc) is 3.31. The lowest BCUT2D eigenvalue weighted by atomic mass is 9.99. The van der Waals surface area contributed by atoms with Gasteiger partial charge in [0.15, 0.2) is 0 Å². The third-order valence-electron chi connectivity index (χ3n) is 4.43. The maximum Gasteiger partial charge on any atom is 0.238 e. The first-order chi connectivity index (χ1) is 12.5. The molecule has 1 aliphatic carbocycles. The van der Waals surface area contributed by atoms with Crippen LogP contribution in [0.5, 0.6) is 0 Å². The molecule has 2 aromatic carbocycles. The van der Waals surface area contributed by atoms with Crippen LogP contribution >= 0.6 is 0 Å². The molecule has 26 heavy (non-hydrogen) atoms. The fourth-order valence-electron chi connectivity index (χ4n) is 3.14. The predicted octanol–water partition coefficient (Wildman–Crippen LogP) is 3.29. The molecule has 0 spiro atoms. The number of nitrogens with zero attached hydrogens (tertiary/aromatic N) is 2. The maximum atomic E-state index is 11.5. The van der Waals surface area contributed by atoms with E-state index >= 15 is 0 Å². The smallest absolute Gasteiger partial charge is 0.238 e. The van der Waals surface area contributed by atoms with E-state index in [1.807, 2.05) is 41.4 Å². The molecule has 2 aliphatic rings. The van der Waals surface area contributed by atoms with Crippen LogP contribution in [0.25, 0.3) is 0 Å². The highest BCUT2D eigenvalue weighted by Crippen LogP contribution is 2.37. The molecule has 130 valence electrons. The molecule has 1 unspecified atom stereocenters. The summed E-state index contributed by atoms with van der Waals surface area (Å²) in [5, 5.41) is 11.9. The summed E-state index contributed by atoms with van der Waals surface area (Å²) in [5.41, 5.74) is 7.10. The van der Waals surface area contributed by atoms with Gasteiger partial charge in [-0.15, -0.1) is 5.73 Å². The van der Waals surface area contributed by atoms with Gasteiger partial charge in [0.1, 0.15) is 0 Å². The van der Waals surface area contributed by atoms with Gasteiger partial charge in [-0.2, -0.15) is 5.10 Å². The second kappa shape index (κ2) is 6.42. The molecule has 1 atom stereocenters. The largest absolute Gasteiger partial charge is 0.257 e. The van der Waals surface area contributed by atoms with E-state index in [2.05, 4.69) is 17.9 Å². The van der Waals surface area contributed by atoms with Crippen LogP contribution in [0, 0.1) is 0 Å². The zero-order chi connectivity index (χ0) is 18.1. The van der Waals surface area contributed by atoms with Gasteiger partial charge in [-0.1, -0.05) is 36.4 Å². The number of allylic oxidation sites excluding steroid dienone is 3. The minimum Gasteiger partial charge on any atom is -0.257 e. The van der Waals surface area contributed by atoms with Crippen molar-refractivity contribution in [1.82, 2.24) is 0 Å². The van der Waals surface area contributed by atoms with E-state index in [0.717, 1.165) is 29.0 Å². The first kappa shape index (κ1) is 16.5. The normalized spacial score (nSPS) is 19.0. The Labute approximate surface area is 152 Å². The summed E-state index contributed by atoms with van der Waals surface area (Å²) in [6.07, 6.45) is 6.56. The van der Waals surface area contributed by atoms with Crippen LogP contribution in [0.15, 0.2) is 94.1 Å². The van der Waals surface area contributed by atoms with Gasteiger partial charge in [0, 0.05) is 12.0 Å². The minimum absolute atomic E-state index is 0.0369. The summed E-state index contributed by atoms with van der Waals surface area (Å²) in [6, 6.07) is 16.7. The zero-order valence-electron chi connectivity index (χ0n) is 13.9. The van der Waals surface area contributed by atoms with Crippen molar-refractivity contribution in [2.75, 3.05) is 5.01 Å². The molecular weight excluding hydrogens is 346 g/mol. The summed E-state index contributed by atoms with van der Waals surface area (Å²) in [6.45, 7) is 0. The molecule has 0 saturated heterocycles. The standard InChI is InChI=1S/C20H17N3O2S/c21-26(24,25)18-12-10-17(11-13-18)23-20(16-8-2-1-3-9-16)14-19(22-23)15-6-4-5-7-15/h1-6,8-13,20H,14H2,(H2,21,24,25). The Morgan fingerprint density at radius 2 is 1.81 bits per heavy atom. The van der Waals surface area contributed by atoms with Crippen LogP contribution in [0.4, 0.5) is 5.69 Å². The van der Waals surface area contributed by atoms with E-state index in [-0.39, 0.29) is 10.9 Å². The predicted molar refractivity (Wildman–Crippen MR) is 102 cm³/mol. The number of sulfonamides is 1. The number of rotatable bonds is 4. The van der Waals surface area contributed by atoms with Crippen LogP contribution in [0.3, 0.4) is 0 Å². The van der Waals surface area contributed by atoms with Gasteiger partial charge in [0.2, 0.25) is 10.0 Å². The summed E-state index contributed by atoms with van der Waals surface area (Å²) in [4.78, 5) is 0.0882. The molecule has 5 nitrogen and oxygen atoms in total. The first-order valence-electron chi connectivity index (χ1n) is 8.21. The molecule has 2 aromatic rings. The minimum atomic E-state index is -3.71. The number of nitrogens with two attached hydrogens (primary N) is 1. The Hall–Kier alpha value is -2.92. The van der Waals surface area contributed by atoms with E-state index in [1.54, 1.807) is 12.1 Å². The SMILES string of the molecule is NS(=O)(=O)c1ccc(N2N=C(C3=C=CC=C3)CC2c2ccccc2)cc1. The first-order valence-corrected chi connectivity index (χ1v) is 9.75. The summed E-state index contributed by atoms with van der Waals surface area (Å²) in [5.74, 6) is 0. The van der Waals surface area contributed by atoms with Gasteiger partial charge in [-0.3, -0.25) is 5.01 Å². The number of hydrogen-bond donors (Lipinski definition) is 1. The summed E-state index contributed by atoms with van der Waals surface area (Å²) in [7, 11) is -3.71. The van der Waals surface area contributed by atoms with Crippen molar-refractivity contribution in [3.05, 3.63) is 89.7 Å². The van der Waals surface area contributed by atoms with Crippen LogP contribution in [-0.4, -0.2) is 14.1 Å². The fraction of sp³-hybridized carbons (Fsp3) is 0.100. The molecule has 0 radical (unpaired) electrons. The van der Waals surface area contributed by atoms with Crippen molar-refractivity contribution in [1.29, 1.82) is 0 Å². The lowest BCUT2D eigenvalue weighted by Crippen LogP contribution is -2.19. The van der Waals surface area contributed by atoms with Crippen molar-refractivity contribution >= 4 is 21.4 Å². The fourth-order valence-corrected chi connectivity index (χ4v) is 3.66.